The number of hydrazone groups is 1. The summed E-state index contributed by atoms with van der Waals surface area (Å²) in [6.07, 6.45) is -1.87. The van der Waals surface area contributed by atoms with E-state index in [1.165, 1.54) is 54.9 Å². The van der Waals surface area contributed by atoms with Gasteiger partial charge in [-0.2, -0.15) is 18.3 Å². The number of phenols is 1. The molecule has 0 unspecified atom stereocenters. The van der Waals surface area contributed by atoms with E-state index in [0.717, 1.165) is 12.1 Å². The van der Waals surface area contributed by atoms with E-state index >= 15 is 0 Å². The SMILES string of the molecule is O=C(Nc1ccc(Oc2ccnc(C(=O)NN=Cc3ccc(O)cc3)c2)cc1)Nc1ccc(Cl)c(C(F)(F)F)c1. The molecule has 0 fully saturated rings. The van der Waals surface area contributed by atoms with Gasteiger partial charge >= 0.3 is 12.2 Å². The number of hydrogen-bond acceptors (Lipinski definition) is 6. The fraction of sp³-hybridized carbons (Fsp3) is 0.0370. The molecular weight excluding hydrogens is 551 g/mol. The van der Waals surface area contributed by atoms with Crippen LogP contribution >= 0.6 is 11.6 Å². The summed E-state index contributed by atoms with van der Waals surface area (Å²) in [7, 11) is 0. The number of amides is 3. The lowest BCUT2D eigenvalue weighted by molar-refractivity contribution is -0.137. The topological polar surface area (TPSA) is 125 Å². The Morgan fingerprint density at radius 1 is 0.900 bits per heavy atom. The van der Waals surface area contributed by atoms with Crippen molar-refractivity contribution in [2.75, 3.05) is 10.6 Å². The number of halogens is 4. The molecule has 13 heteroatoms. The van der Waals surface area contributed by atoms with Crippen LogP contribution < -0.4 is 20.8 Å². The number of nitrogens with zero attached hydrogens (tertiary/aromatic N) is 2. The number of aromatic nitrogens is 1. The van der Waals surface area contributed by atoms with Crippen LogP contribution in [0.5, 0.6) is 17.2 Å². The second-order valence-corrected chi connectivity index (χ2v) is 8.47. The molecular formula is C27H19ClF3N5O4. The van der Waals surface area contributed by atoms with Gasteiger partial charge in [-0.05, 0) is 78.4 Å². The third kappa shape index (κ3) is 7.71. The van der Waals surface area contributed by atoms with Crippen molar-refractivity contribution in [2.24, 2.45) is 5.10 Å². The molecule has 9 nitrogen and oxygen atoms in total. The van der Waals surface area contributed by atoms with Gasteiger partial charge in [-0.1, -0.05) is 11.6 Å². The molecule has 1 heterocycles. The number of anilines is 2. The largest absolute Gasteiger partial charge is 0.508 e. The average molecular weight is 570 g/mol. The van der Waals surface area contributed by atoms with E-state index in [2.05, 4.69) is 26.1 Å². The van der Waals surface area contributed by atoms with Crippen molar-refractivity contribution < 1.29 is 32.6 Å². The summed E-state index contributed by atoms with van der Waals surface area (Å²) < 4.78 is 44.8. The molecule has 0 atom stereocenters. The normalized spacial score (nSPS) is 11.2. The summed E-state index contributed by atoms with van der Waals surface area (Å²) in [6, 6.07) is 17.6. The molecule has 0 saturated heterocycles. The van der Waals surface area contributed by atoms with Crippen molar-refractivity contribution in [1.82, 2.24) is 10.4 Å². The zero-order chi connectivity index (χ0) is 28.7. The molecule has 4 N–H and O–H groups in total. The number of nitrogens with one attached hydrogen (secondary N) is 3. The number of aromatic hydroxyl groups is 1. The Morgan fingerprint density at radius 2 is 1.57 bits per heavy atom. The highest BCUT2D eigenvalue weighted by Crippen LogP contribution is 2.36. The molecule has 40 heavy (non-hydrogen) atoms. The van der Waals surface area contributed by atoms with Crippen molar-refractivity contribution in [1.29, 1.82) is 0 Å². The van der Waals surface area contributed by atoms with E-state index in [1.54, 1.807) is 24.3 Å². The molecule has 0 aliphatic rings. The quantitative estimate of drug-likeness (QED) is 0.146. The lowest BCUT2D eigenvalue weighted by Gasteiger charge is -2.12. The van der Waals surface area contributed by atoms with Crippen molar-refractivity contribution in [2.45, 2.75) is 6.18 Å². The van der Waals surface area contributed by atoms with Crippen LogP contribution in [0.2, 0.25) is 5.02 Å². The predicted molar refractivity (Wildman–Crippen MR) is 143 cm³/mol. The number of rotatable bonds is 7. The Labute approximate surface area is 230 Å². The smallest absolute Gasteiger partial charge is 0.417 e. The van der Waals surface area contributed by atoms with Gasteiger partial charge in [-0.25, -0.2) is 10.2 Å². The van der Waals surface area contributed by atoms with Gasteiger partial charge in [0.25, 0.3) is 5.91 Å². The van der Waals surface area contributed by atoms with Crippen LogP contribution in [-0.2, 0) is 6.18 Å². The van der Waals surface area contributed by atoms with Crippen LogP contribution in [-0.4, -0.2) is 28.2 Å². The Balaban J connectivity index is 1.32. The second-order valence-electron chi connectivity index (χ2n) is 8.07. The van der Waals surface area contributed by atoms with Gasteiger partial charge < -0.3 is 20.5 Å². The van der Waals surface area contributed by atoms with Crippen molar-refractivity contribution >= 4 is 41.1 Å². The number of carbonyl (C=O) groups is 2. The Kier molecular flexibility index (Phi) is 8.50. The number of alkyl halides is 3. The highest BCUT2D eigenvalue weighted by Gasteiger charge is 2.33. The average Bonchev–Trinajstić information content (AvgIpc) is 2.91. The van der Waals surface area contributed by atoms with Crippen LogP contribution in [0.3, 0.4) is 0 Å². The molecule has 3 aromatic carbocycles. The Morgan fingerprint density at radius 3 is 2.27 bits per heavy atom. The molecule has 1 aromatic heterocycles. The molecule has 4 aromatic rings. The summed E-state index contributed by atoms with van der Waals surface area (Å²) in [5, 5.41) is 17.5. The number of benzene rings is 3. The van der Waals surface area contributed by atoms with Crippen molar-refractivity contribution in [3.05, 3.63) is 107 Å². The van der Waals surface area contributed by atoms with Gasteiger partial charge in [0.2, 0.25) is 0 Å². The standard InChI is InChI=1S/C27H19ClF3N5O4/c28-23-10-5-18(13-22(23)27(29,30)31)35-26(39)34-17-3-8-20(9-4-17)40-21-11-12-32-24(14-21)25(38)36-33-15-16-1-6-19(37)7-2-16/h1-15,37H,(H,36,38)(H2,34,35,39). The molecule has 0 radical (unpaired) electrons. The van der Waals surface area contributed by atoms with E-state index < -0.39 is 28.7 Å². The maximum Gasteiger partial charge on any atom is 0.417 e. The van der Waals surface area contributed by atoms with Crippen LogP contribution in [0.25, 0.3) is 0 Å². The first-order valence-corrected chi connectivity index (χ1v) is 11.8. The third-order valence-corrected chi connectivity index (χ3v) is 5.44. The minimum absolute atomic E-state index is 0.0474. The van der Waals surface area contributed by atoms with Gasteiger partial charge in [-0.15, -0.1) is 0 Å². The van der Waals surface area contributed by atoms with Crippen molar-refractivity contribution in [3.63, 3.8) is 0 Å². The summed E-state index contributed by atoms with van der Waals surface area (Å²) in [6.45, 7) is 0. The number of carbonyl (C=O) groups excluding carboxylic acids is 2. The molecule has 204 valence electrons. The summed E-state index contributed by atoms with van der Waals surface area (Å²) in [4.78, 5) is 28.6. The van der Waals surface area contributed by atoms with Crippen molar-refractivity contribution in [3.8, 4) is 17.2 Å². The summed E-state index contributed by atoms with van der Waals surface area (Å²) >= 11 is 5.59. The van der Waals surface area contributed by atoms with E-state index in [1.807, 2.05) is 0 Å². The highest BCUT2D eigenvalue weighted by atomic mass is 35.5. The zero-order valence-electron chi connectivity index (χ0n) is 20.2. The molecule has 0 bridgehead atoms. The van der Waals surface area contributed by atoms with E-state index in [4.69, 9.17) is 16.3 Å². The van der Waals surface area contributed by atoms with Gasteiger partial charge in [0.05, 0.1) is 16.8 Å². The van der Waals surface area contributed by atoms with E-state index in [-0.39, 0.29) is 17.1 Å². The second kappa shape index (κ2) is 12.2. The number of ether oxygens (including phenoxy) is 1. The van der Waals surface area contributed by atoms with E-state index in [0.29, 0.717) is 22.7 Å². The summed E-state index contributed by atoms with van der Waals surface area (Å²) in [5.41, 5.74) is 2.26. The van der Waals surface area contributed by atoms with Gasteiger partial charge in [-0.3, -0.25) is 9.78 Å². The number of pyridine rings is 1. The summed E-state index contributed by atoms with van der Waals surface area (Å²) in [5.74, 6) is 0.221. The molecule has 0 aliphatic carbocycles. The van der Waals surface area contributed by atoms with Crippen LogP contribution in [0.4, 0.5) is 29.3 Å². The molecule has 0 saturated carbocycles. The third-order valence-electron chi connectivity index (χ3n) is 5.11. The molecule has 0 aliphatic heterocycles. The number of phenolic OH excluding ortho intramolecular Hbond substituents is 1. The maximum atomic E-state index is 13.0. The van der Waals surface area contributed by atoms with Crippen LogP contribution in [0.15, 0.2) is 90.2 Å². The predicted octanol–water partition coefficient (Wildman–Crippen LogP) is 6.66. The van der Waals surface area contributed by atoms with Gasteiger partial charge in [0.15, 0.2) is 0 Å². The zero-order valence-corrected chi connectivity index (χ0v) is 21.0. The molecule has 0 spiro atoms. The lowest BCUT2D eigenvalue weighted by atomic mass is 10.2. The number of hydrogen-bond donors (Lipinski definition) is 4. The molecule has 3 amide bonds. The first-order chi connectivity index (χ1) is 19.1. The Bertz CT molecular complexity index is 1550. The van der Waals surface area contributed by atoms with Gasteiger partial charge in [0.1, 0.15) is 22.9 Å². The van der Waals surface area contributed by atoms with E-state index in [9.17, 15) is 27.9 Å². The first kappa shape index (κ1) is 27.9. The van der Waals surface area contributed by atoms with Gasteiger partial charge in [0, 0.05) is 23.6 Å². The monoisotopic (exact) mass is 569 g/mol. The fourth-order valence-corrected chi connectivity index (χ4v) is 3.46. The minimum atomic E-state index is -4.66. The van der Waals surface area contributed by atoms with Crippen LogP contribution in [0.1, 0.15) is 21.6 Å². The lowest BCUT2D eigenvalue weighted by Crippen LogP contribution is -2.19. The van der Waals surface area contributed by atoms with Crippen LogP contribution in [0, 0.1) is 0 Å². The molecule has 4 rings (SSSR count). The first-order valence-electron chi connectivity index (χ1n) is 11.4. The fourth-order valence-electron chi connectivity index (χ4n) is 3.24. The maximum absolute atomic E-state index is 13.0. The number of urea groups is 1. The Hall–Kier alpha value is -5.10. The minimum Gasteiger partial charge on any atom is -0.508 e. The highest BCUT2D eigenvalue weighted by molar-refractivity contribution is 6.31.